The normalized spacial score (nSPS) is 11.6. The van der Waals surface area contributed by atoms with Gasteiger partial charge in [-0.15, -0.1) is 0 Å². The smallest absolute Gasteiger partial charge is 0.338 e. The molecule has 0 saturated carbocycles. The van der Waals surface area contributed by atoms with Gasteiger partial charge in [0.2, 0.25) is 15.9 Å². The summed E-state index contributed by atoms with van der Waals surface area (Å²) >= 11 is 0. The van der Waals surface area contributed by atoms with Crippen LogP contribution in [0.25, 0.3) is 0 Å². The van der Waals surface area contributed by atoms with Crippen molar-refractivity contribution in [3.63, 3.8) is 0 Å². The molecule has 2 rings (SSSR count). The number of hydrogen-bond donors (Lipinski definition) is 4. The minimum absolute atomic E-state index is 0.285. The van der Waals surface area contributed by atoms with E-state index in [-0.39, 0.29) is 5.69 Å². The van der Waals surface area contributed by atoms with E-state index in [2.05, 4.69) is 16.0 Å². The highest BCUT2D eigenvalue weighted by atomic mass is 32.2. The highest BCUT2D eigenvalue weighted by molar-refractivity contribution is 7.89. The van der Waals surface area contributed by atoms with Crippen molar-refractivity contribution in [2.24, 2.45) is 0 Å². The van der Waals surface area contributed by atoms with Gasteiger partial charge in [0.1, 0.15) is 0 Å². The zero-order valence-electron chi connectivity index (χ0n) is 15.7. The van der Waals surface area contributed by atoms with Crippen LogP contribution in [-0.4, -0.2) is 33.4 Å². The lowest BCUT2D eigenvalue weighted by molar-refractivity contribution is -0.137. The summed E-state index contributed by atoms with van der Waals surface area (Å²) in [5.41, 5.74) is -0.442. The van der Waals surface area contributed by atoms with E-state index < -0.39 is 45.1 Å². The van der Waals surface area contributed by atoms with Crippen molar-refractivity contribution in [2.75, 3.05) is 23.7 Å². The van der Waals surface area contributed by atoms with Gasteiger partial charge in [-0.1, -0.05) is 12.1 Å². The fraction of sp³-hybridized carbons (Fsp3) is 0.222. The Labute approximate surface area is 170 Å². The summed E-state index contributed by atoms with van der Waals surface area (Å²) in [6.07, 6.45) is -4.70. The summed E-state index contributed by atoms with van der Waals surface area (Å²) in [6, 6.07) is 8.86. The molecule has 0 aliphatic carbocycles. The Balaban J connectivity index is 2.00. The summed E-state index contributed by atoms with van der Waals surface area (Å²) in [5, 5.41) is 7.51. The second-order valence-electron chi connectivity index (χ2n) is 5.96. The third-order valence-electron chi connectivity index (χ3n) is 3.64. The molecule has 0 heterocycles. The van der Waals surface area contributed by atoms with Gasteiger partial charge in [-0.3, -0.25) is 4.79 Å². The number of amides is 3. The Morgan fingerprint density at radius 3 is 2.23 bits per heavy atom. The van der Waals surface area contributed by atoms with Gasteiger partial charge in [0.05, 0.1) is 17.0 Å². The lowest BCUT2D eigenvalue weighted by atomic mass is 10.2. The van der Waals surface area contributed by atoms with Gasteiger partial charge >= 0.3 is 12.2 Å². The van der Waals surface area contributed by atoms with Crippen LogP contribution in [0.2, 0.25) is 0 Å². The van der Waals surface area contributed by atoms with Crippen LogP contribution in [0.1, 0.15) is 12.5 Å². The van der Waals surface area contributed by atoms with Crippen LogP contribution in [0.3, 0.4) is 0 Å². The number of benzene rings is 2. The van der Waals surface area contributed by atoms with E-state index in [0.29, 0.717) is 18.3 Å². The van der Waals surface area contributed by atoms with Crippen LogP contribution in [0.15, 0.2) is 53.4 Å². The SMILES string of the molecule is CCNC(=O)Nc1cccc(NC(=O)CNS(=O)(=O)c2cccc(C(F)(F)F)c2)c1. The van der Waals surface area contributed by atoms with Crippen molar-refractivity contribution < 1.29 is 31.2 Å². The first kappa shape index (κ1) is 23.2. The number of nitrogens with one attached hydrogen (secondary N) is 4. The number of halogens is 3. The Morgan fingerprint density at radius 2 is 1.60 bits per heavy atom. The molecule has 0 aliphatic rings. The molecule has 2 aromatic carbocycles. The van der Waals surface area contributed by atoms with Crippen LogP contribution in [0.5, 0.6) is 0 Å². The molecular formula is C18H19F3N4O4S. The predicted molar refractivity (Wildman–Crippen MR) is 104 cm³/mol. The molecule has 0 bridgehead atoms. The topological polar surface area (TPSA) is 116 Å². The fourth-order valence-corrected chi connectivity index (χ4v) is 3.33. The van der Waals surface area contributed by atoms with E-state index in [0.717, 1.165) is 18.2 Å². The first-order valence-corrected chi connectivity index (χ1v) is 10.1. The van der Waals surface area contributed by atoms with Gasteiger partial charge in [0.25, 0.3) is 0 Å². The molecule has 0 atom stereocenters. The van der Waals surface area contributed by atoms with Gasteiger partial charge in [0, 0.05) is 17.9 Å². The van der Waals surface area contributed by atoms with Gasteiger partial charge in [-0.2, -0.15) is 13.2 Å². The van der Waals surface area contributed by atoms with E-state index in [4.69, 9.17) is 0 Å². The largest absolute Gasteiger partial charge is 0.416 e. The minimum atomic E-state index is -4.70. The van der Waals surface area contributed by atoms with Crippen molar-refractivity contribution in [1.29, 1.82) is 0 Å². The van der Waals surface area contributed by atoms with Crippen LogP contribution in [-0.2, 0) is 21.0 Å². The summed E-state index contributed by atoms with van der Waals surface area (Å²) in [4.78, 5) is 22.9. The van der Waals surface area contributed by atoms with Crippen molar-refractivity contribution in [1.82, 2.24) is 10.0 Å². The third-order valence-corrected chi connectivity index (χ3v) is 5.03. The van der Waals surface area contributed by atoms with Gasteiger partial charge in [-0.05, 0) is 43.3 Å². The number of urea groups is 1. The summed E-state index contributed by atoms with van der Waals surface area (Å²) in [7, 11) is -4.34. The predicted octanol–water partition coefficient (Wildman–Crippen LogP) is 2.76. The Bertz CT molecular complexity index is 1030. The zero-order chi connectivity index (χ0) is 22.4. The molecular weight excluding hydrogens is 425 g/mol. The number of carbonyl (C=O) groups excluding carboxylic acids is 2. The Hall–Kier alpha value is -3.12. The monoisotopic (exact) mass is 444 g/mol. The van der Waals surface area contributed by atoms with Gasteiger partial charge in [-0.25, -0.2) is 17.9 Å². The molecule has 0 aromatic heterocycles. The van der Waals surface area contributed by atoms with E-state index >= 15 is 0 Å². The molecule has 2 aromatic rings. The average molecular weight is 444 g/mol. The lowest BCUT2D eigenvalue weighted by Crippen LogP contribution is -2.33. The first-order chi connectivity index (χ1) is 14.0. The van der Waals surface area contributed by atoms with Gasteiger partial charge in [0.15, 0.2) is 0 Å². The van der Waals surface area contributed by atoms with Crippen molar-refractivity contribution in [3.8, 4) is 0 Å². The number of sulfonamides is 1. The molecule has 0 spiro atoms. The molecule has 3 amide bonds. The Kier molecular flexibility index (Phi) is 7.40. The standard InChI is InChI=1S/C18H19F3N4O4S/c1-2-22-17(27)25-14-7-4-6-13(10-14)24-16(26)11-23-30(28,29)15-8-3-5-12(9-15)18(19,20)21/h3-10,23H,2,11H2,1H3,(H,24,26)(H2,22,25,27). The molecule has 0 radical (unpaired) electrons. The Morgan fingerprint density at radius 1 is 0.967 bits per heavy atom. The molecule has 0 saturated heterocycles. The first-order valence-electron chi connectivity index (χ1n) is 8.63. The number of alkyl halides is 3. The molecule has 0 fully saturated rings. The van der Waals surface area contributed by atoms with Gasteiger partial charge < -0.3 is 16.0 Å². The van der Waals surface area contributed by atoms with Crippen LogP contribution < -0.4 is 20.7 Å². The summed E-state index contributed by atoms with van der Waals surface area (Å²) < 4.78 is 64.6. The highest BCUT2D eigenvalue weighted by Gasteiger charge is 2.31. The number of rotatable bonds is 7. The average Bonchev–Trinajstić information content (AvgIpc) is 2.66. The molecule has 0 unspecified atom stereocenters. The van der Waals surface area contributed by atoms with Crippen LogP contribution in [0.4, 0.5) is 29.3 Å². The number of hydrogen-bond acceptors (Lipinski definition) is 4. The summed E-state index contributed by atoms with van der Waals surface area (Å²) in [5.74, 6) is -0.749. The van der Waals surface area contributed by atoms with Crippen molar-refractivity contribution in [3.05, 3.63) is 54.1 Å². The van der Waals surface area contributed by atoms with Crippen molar-refractivity contribution >= 4 is 33.3 Å². The maximum atomic E-state index is 12.8. The second kappa shape index (κ2) is 9.59. The molecule has 0 aliphatic heterocycles. The molecule has 30 heavy (non-hydrogen) atoms. The number of anilines is 2. The minimum Gasteiger partial charge on any atom is -0.338 e. The highest BCUT2D eigenvalue weighted by Crippen LogP contribution is 2.30. The van der Waals surface area contributed by atoms with E-state index in [1.807, 2.05) is 4.72 Å². The lowest BCUT2D eigenvalue weighted by Gasteiger charge is -2.11. The van der Waals surface area contributed by atoms with Crippen LogP contribution >= 0.6 is 0 Å². The molecule has 8 nitrogen and oxygen atoms in total. The third kappa shape index (κ3) is 6.74. The van der Waals surface area contributed by atoms with E-state index in [1.54, 1.807) is 19.1 Å². The van der Waals surface area contributed by atoms with E-state index in [9.17, 15) is 31.2 Å². The molecule has 4 N–H and O–H groups in total. The second-order valence-corrected chi connectivity index (χ2v) is 7.73. The van der Waals surface area contributed by atoms with Crippen molar-refractivity contribution in [2.45, 2.75) is 18.0 Å². The van der Waals surface area contributed by atoms with E-state index in [1.165, 1.54) is 12.1 Å². The number of carbonyl (C=O) groups is 2. The van der Waals surface area contributed by atoms with Crippen LogP contribution in [0, 0.1) is 0 Å². The maximum Gasteiger partial charge on any atom is 0.416 e. The quantitative estimate of drug-likeness (QED) is 0.525. The maximum absolute atomic E-state index is 12.8. The fourth-order valence-electron chi connectivity index (χ4n) is 2.30. The summed E-state index contributed by atoms with van der Waals surface area (Å²) in [6.45, 7) is 1.47. The molecule has 162 valence electrons. The zero-order valence-corrected chi connectivity index (χ0v) is 16.5. The molecule has 12 heteroatoms.